The number of aryl methyl sites for hydroxylation is 1. The Morgan fingerprint density at radius 3 is 2.53 bits per heavy atom. The molecule has 0 aliphatic carbocycles. The van der Waals surface area contributed by atoms with E-state index in [1.165, 1.54) is 4.31 Å². The van der Waals surface area contributed by atoms with Crippen LogP contribution in [0, 0.1) is 6.92 Å². The second kappa shape index (κ2) is 9.86. The summed E-state index contributed by atoms with van der Waals surface area (Å²) in [5, 5.41) is 5.61. The van der Waals surface area contributed by atoms with Crippen molar-refractivity contribution in [3.63, 3.8) is 0 Å². The van der Waals surface area contributed by atoms with E-state index in [1.54, 1.807) is 42.7 Å². The highest BCUT2D eigenvalue weighted by Gasteiger charge is 2.38. The lowest BCUT2D eigenvalue weighted by molar-refractivity contribution is 0.199. The normalized spacial score (nSPS) is 19.8. The summed E-state index contributed by atoms with van der Waals surface area (Å²) in [5.41, 5.74) is 1.94. The Hall–Kier alpha value is -2.71. The number of aromatic nitrogens is 1. The third kappa shape index (κ3) is 5.25. The Bertz CT molecular complexity index is 962. The zero-order valence-corrected chi connectivity index (χ0v) is 17.9. The maximum absolute atomic E-state index is 13.4. The smallest absolute Gasteiger partial charge is 0.315 e. The zero-order valence-electron chi connectivity index (χ0n) is 17.1. The van der Waals surface area contributed by atoms with Gasteiger partial charge in [0.15, 0.2) is 0 Å². The average molecular weight is 429 g/mol. The van der Waals surface area contributed by atoms with Gasteiger partial charge in [-0.1, -0.05) is 23.8 Å². The number of piperidine rings is 1. The molecule has 7 nitrogen and oxygen atoms in total. The minimum Gasteiger partial charge on any atom is -0.337 e. The number of urea groups is 1. The fourth-order valence-corrected chi connectivity index (χ4v) is 5.51. The summed E-state index contributed by atoms with van der Waals surface area (Å²) in [6.07, 6.45) is 7.29. The van der Waals surface area contributed by atoms with Gasteiger partial charge in [0, 0.05) is 37.6 Å². The molecule has 2 atom stereocenters. The molecule has 1 fully saturated rings. The number of carbonyl (C=O) groups is 1. The number of sulfonamides is 1. The van der Waals surface area contributed by atoms with Crippen molar-refractivity contribution in [2.45, 2.75) is 49.7 Å². The van der Waals surface area contributed by atoms with E-state index in [0.29, 0.717) is 13.0 Å². The molecule has 2 aromatic rings. The third-order valence-electron chi connectivity index (χ3n) is 5.29. The van der Waals surface area contributed by atoms with Gasteiger partial charge in [-0.2, -0.15) is 4.31 Å². The second-order valence-corrected chi connectivity index (χ2v) is 9.30. The fourth-order valence-electron chi connectivity index (χ4n) is 3.66. The minimum atomic E-state index is -3.71. The molecule has 1 saturated heterocycles. The molecule has 0 bridgehead atoms. The molecule has 0 spiro atoms. The summed E-state index contributed by atoms with van der Waals surface area (Å²) >= 11 is 0. The number of nitrogens with one attached hydrogen (secondary N) is 2. The molecule has 2 N–H and O–H groups in total. The maximum Gasteiger partial charge on any atom is 0.315 e. The molecule has 1 aromatic heterocycles. The first-order chi connectivity index (χ1) is 14.4. The Balaban J connectivity index is 1.69. The summed E-state index contributed by atoms with van der Waals surface area (Å²) in [5.74, 6) is 0. The van der Waals surface area contributed by atoms with Crippen molar-refractivity contribution >= 4 is 16.1 Å². The van der Waals surface area contributed by atoms with Crippen LogP contribution in [0.5, 0.6) is 0 Å². The zero-order chi connectivity index (χ0) is 21.6. The van der Waals surface area contributed by atoms with E-state index in [-0.39, 0.29) is 29.6 Å². The number of carbonyl (C=O) groups excluding carboxylic acids is 1. The van der Waals surface area contributed by atoms with Gasteiger partial charge >= 0.3 is 6.03 Å². The van der Waals surface area contributed by atoms with Crippen LogP contribution in [0.25, 0.3) is 0 Å². The molecule has 3 rings (SSSR count). The fraction of sp³-hybridized carbons (Fsp3) is 0.364. The molecule has 8 heteroatoms. The lowest BCUT2D eigenvalue weighted by Crippen LogP contribution is -2.54. The average Bonchev–Trinajstić information content (AvgIpc) is 2.76. The molecular formula is C22H28N4O3S. The van der Waals surface area contributed by atoms with Crippen LogP contribution in [0.4, 0.5) is 4.79 Å². The molecule has 160 valence electrons. The van der Waals surface area contributed by atoms with Crippen LogP contribution >= 0.6 is 0 Å². The van der Waals surface area contributed by atoms with Gasteiger partial charge in [0.1, 0.15) is 0 Å². The standard InChI is InChI=1S/C22H28N4O3S/c1-3-19-5-4-6-20(16-25-22(27)24-15-18-11-13-23-14-12-18)26(19)30(28,29)21-9-7-17(2)8-10-21/h3,7-14,19-20H,1,4-6,15-16H2,2H3,(H2,24,25,27). The van der Waals surface area contributed by atoms with E-state index < -0.39 is 10.0 Å². The van der Waals surface area contributed by atoms with Gasteiger partial charge in [-0.3, -0.25) is 4.98 Å². The first-order valence-electron chi connectivity index (χ1n) is 10.0. The molecular weight excluding hydrogens is 400 g/mol. The van der Waals surface area contributed by atoms with Crippen molar-refractivity contribution < 1.29 is 13.2 Å². The van der Waals surface area contributed by atoms with Crippen molar-refractivity contribution in [3.05, 3.63) is 72.6 Å². The number of nitrogens with zero attached hydrogens (tertiary/aromatic N) is 2. The molecule has 2 unspecified atom stereocenters. The Morgan fingerprint density at radius 2 is 1.87 bits per heavy atom. The summed E-state index contributed by atoms with van der Waals surface area (Å²) in [6.45, 7) is 6.36. The van der Waals surface area contributed by atoms with Crippen molar-refractivity contribution in [1.82, 2.24) is 19.9 Å². The summed E-state index contributed by atoms with van der Waals surface area (Å²) in [6, 6.07) is 9.53. The van der Waals surface area contributed by atoms with E-state index in [9.17, 15) is 13.2 Å². The Labute approximate surface area is 178 Å². The maximum atomic E-state index is 13.4. The van der Waals surface area contributed by atoms with Crippen molar-refractivity contribution in [3.8, 4) is 0 Å². The monoisotopic (exact) mass is 428 g/mol. The van der Waals surface area contributed by atoms with Gasteiger partial charge in [-0.25, -0.2) is 13.2 Å². The van der Waals surface area contributed by atoms with Crippen molar-refractivity contribution in [2.75, 3.05) is 6.54 Å². The molecule has 2 amide bonds. The number of amides is 2. The first kappa shape index (κ1) is 22.0. The molecule has 0 saturated carbocycles. The van der Waals surface area contributed by atoms with E-state index >= 15 is 0 Å². The van der Waals surface area contributed by atoms with Crippen LogP contribution in [0.3, 0.4) is 0 Å². The summed E-state index contributed by atoms with van der Waals surface area (Å²) in [4.78, 5) is 16.5. The van der Waals surface area contributed by atoms with E-state index in [2.05, 4.69) is 22.2 Å². The lowest BCUT2D eigenvalue weighted by atomic mass is 9.98. The van der Waals surface area contributed by atoms with Crippen molar-refractivity contribution in [1.29, 1.82) is 0 Å². The van der Waals surface area contributed by atoms with Gasteiger partial charge in [0.2, 0.25) is 10.0 Å². The van der Waals surface area contributed by atoms with Crippen LogP contribution in [-0.4, -0.2) is 42.4 Å². The van der Waals surface area contributed by atoms with Crippen molar-refractivity contribution in [2.24, 2.45) is 0 Å². The largest absolute Gasteiger partial charge is 0.337 e. The molecule has 1 aliphatic rings. The van der Waals surface area contributed by atoms with Crippen LogP contribution in [0.1, 0.15) is 30.4 Å². The predicted molar refractivity (Wildman–Crippen MR) is 116 cm³/mol. The summed E-state index contributed by atoms with van der Waals surface area (Å²) < 4.78 is 28.3. The summed E-state index contributed by atoms with van der Waals surface area (Å²) in [7, 11) is -3.71. The number of benzene rings is 1. The first-order valence-corrected chi connectivity index (χ1v) is 11.5. The van der Waals surface area contributed by atoms with Crippen LogP contribution in [0.2, 0.25) is 0 Å². The van der Waals surface area contributed by atoms with Gasteiger partial charge in [-0.15, -0.1) is 6.58 Å². The second-order valence-electron chi connectivity index (χ2n) is 7.45. The molecule has 0 radical (unpaired) electrons. The number of hydrogen-bond acceptors (Lipinski definition) is 4. The quantitative estimate of drug-likeness (QED) is 0.663. The molecule has 2 heterocycles. The number of pyridine rings is 1. The highest BCUT2D eigenvalue weighted by atomic mass is 32.2. The Kier molecular flexibility index (Phi) is 7.23. The Morgan fingerprint density at radius 1 is 1.17 bits per heavy atom. The minimum absolute atomic E-state index is 0.234. The number of rotatable bonds is 7. The van der Waals surface area contributed by atoms with Crippen LogP contribution in [-0.2, 0) is 16.6 Å². The van der Waals surface area contributed by atoms with E-state index in [4.69, 9.17) is 0 Å². The van der Waals surface area contributed by atoms with E-state index in [0.717, 1.165) is 24.0 Å². The number of hydrogen-bond donors (Lipinski definition) is 2. The van der Waals surface area contributed by atoms with Gasteiger partial charge < -0.3 is 10.6 Å². The van der Waals surface area contributed by atoms with Gasteiger partial charge in [0.05, 0.1) is 4.90 Å². The van der Waals surface area contributed by atoms with E-state index in [1.807, 2.05) is 19.1 Å². The van der Waals surface area contributed by atoms with Crippen LogP contribution in [0.15, 0.2) is 66.3 Å². The van der Waals surface area contributed by atoms with Gasteiger partial charge in [0.25, 0.3) is 0 Å². The molecule has 30 heavy (non-hydrogen) atoms. The molecule has 1 aliphatic heterocycles. The third-order valence-corrected chi connectivity index (χ3v) is 7.29. The van der Waals surface area contributed by atoms with Crippen LogP contribution < -0.4 is 10.6 Å². The molecule has 1 aromatic carbocycles. The highest BCUT2D eigenvalue weighted by Crippen LogP contribution is 2.30. The topological polar surface area (TPSA) is 91.4 Å². The van der Waals surface area contributed by atoms with Gasteiger partial charge in [-0.05, 0) is 56.0 Å². The predicted octanol–water partition coefficient (Wildman–Crippen LogP) is 2.99. The SMILES string of the molecule is C=CC1CCCC(CNC(=O)NCc2ccncc2)N1S(=O)(=O)c1ccc(C)cc1. The lowest BCUT2D eigenvalue weighted by Gasteiger charge is -2.39. The highest BCUT2D eigenvalue weighted by molar-refractivity contribution is 7.89.